The summed E-state index contributed by atoms with van der Waals surface area (Å²) in [6.07, 6.45) is -1.11. The van der Waals surface area contributed by atoms with Crippen LogP contribution in [0.3, 0.4) is 0 Å². The Morgan fingerprint density at radius 1 is 1.03 bits per heavy atom. The fourth-order valence-corrected chi connectivity index (χ4v) is 4.83. The number of nitrogens with zero attached hydrogens (tertiary/aromatic N) is 3. The largest absolute Gasteiger partial charge is 0.497 e. The number of fused-ring (bicyclic) bond motifs is 2. The standard InChI is InChI=1S/C24H20N4O3/c1-15-5-4-6-17(11-15)20-22(12-25,13-26)23(14-27)16(2)24(30-20,31-21(23)28)18-7-9-19(29-3)10-8-18/h4-11,16,20,28H,1-3H3. The Hall–Kier alpha value is -3.86. The minimum absolute atomic E-state index is 0.434. The Kier molecular flexibility index (Phi) is 4.51. The highest BCUT2D eigenvalue weighted by molar-refractivity contribution is 5.89. The van der Waals surface area contributed by atoms with Crippen LogP contribution in [0.5, 0.6) is 5.75 Å². The Morgan fingerprint density at radius 2 is 1.71 bits per heavy atom. The third kappa shape index (κ3) is 2.37. The zero-order valence-corrected chi connectivity index (χ0v) is 17.3. The predicted molar refractivity (Wildman–Crippen MR) is 109 cm³/mol. The molecule has 2 aliphatic rings. The number of nitrogens with one attached hydrogen (secondary N) is 1. The van der Waals surface area contributed by atoms with Crippen molar-refractivity contribution in [3.05, 3.63) is 65.2 Å². The Bertz CT molecular complexity index is 1170. The minimum atomic E-state index is -1.97. The number of ether oxygens (including phenoxy) is 3. The van der Waals surface area contributed by atoms with E-state index in [9.17, 15) is 15.8 Å². The Labute approximate surface area is 180 Å². The van der Waals surface area contributed by atoms with E-state index < -0.39 is 34.5 Å². The molecule has 4 rings (SSSR count). The first-order valence-corrected chi connectivity index (χ1v) is 9.76. The molecule has 0 spiro atoms. The van der Waals surface area contributed by atoms with Crippen LogP contribution < -0.4 is 4.74 Å². The van der Waals surface area contributed by atoms with Crippen LogP contribution in [-0.2, 0) is 15.3 Å². The van der Waals surface area contributed by atoms with E-state index in [1.807, 2.05) is 19.1 Å². The van der Waals surface area contributed by atoms with Crippen LogP contribution >= 0.6 is 0 Å². The number of aryl methyl sites for hydroxylation is 1. The minimum Gasteiger partial charge on any atom is -0.497 e. The van der Waals surface area contributed by atoms with E-state index in [0.29, 0.717) is 16.9 Å². The third-order valence-corrected chi connectivity index (χ3v) is 6.51. The summed E-state index contributed by atoms with van der Waals surface area (Å²) in [5.41, 5.74) is -1.73. The van der Waals surface area contributed by atoms with Crippen LogP contribution in [0.2, 0.25) is 0 Å². The van der Waals surface area contributed by atoms with Crippen molar-refractivity contribution in [1.82, 2.24) is 0 Å². The van der Waals surface area contributed by atoms with Gasteiger partial charge in [-0.1, -0.05) is 36.8 Å². The van der Waals surface area contributed by atoms with Crippen molar-refractivity contribution in [2.45, 2.75) is 25.7 Å². The smallest absolute Gasteiger partial charge is 0.244 e. The second-order valence-electron chi connectivity index (χ2n) is 7.91. The van der Waals surface area contributed by atoms with Gasteiger partial charge in [-0.15, -0.1) is 0 Å². The molecule has 0 radical (unpaired) electrons. The van der Waals surface area contributed by atoms with Crippen molar-refractivity contribution in [3.8, 4) is 24.0 Å². The van der Waals surface area contributed by atoms with Crippen molar-refractivity contribution in [2.24, 2.45) is 16.7 Å². The van der Waals surface area contributed by atoms with Crippen molar-refractivity contribution in [2.75, 3.05) is 7.11 Å². The molecule has 2 aromatic rings. The van der Waals surface area contributed by atoms with Crippen LogP contribution in [0.4, 0.5) is 0 Å². The lowest BCUT2D eigenvalue weighted by molar-refractivity contribution is -0.288. The van der Waals surface area contributed by atoms with Gasteiger partial charge in [0.25, 0.3) is 0 Å². The topological polar surface area (TPSA) is 123 Å². The Balaban J connectivity index is 2.02. The number of rotatable bonds is 3. The van der Waals surface area contributed by atoms with E-state index in [4.69, 9.17) is 19.6 Å². The van der Waals surface area contributed by atoms with Crippen LogP contribution in [0.25, 0.3) is 0 Å². The highest BCUT2D eigenvalue weighted by Crippen LogP contribution is 2.68. The molecule has 0 aromatic heterocycles. The SMILES string of the molecule is COc1ccc(C23OC(=N)C(C#N)(C2C)C(C#N)(C#N)C(c2cccc(C)c2)O3)cc1. The number of hydrogen-bond donors (Lipinski definition) is 1. The fraction of sp³-hybridized carbons (Fsp3) is 0.333. The predicted octanol–water partition coefficient (Wildman–Crippen LogP) is 4.12. The van der Waals surface area contributed by atoms with Crippen LogP contribution in [0, 0.1) is 63.1 Å². The summed E-state index contributed by atoms with van der Waals surface area (Å²) in [4.78, 5) is 0. The van der Waals surface area contributed by atoms with E-state index >= 15 is 0 Å². The lowest BCUT2D eigenvalue weighted by Crippen LogP contribution is -2.57. The molecule has 1 N–H and O–H groups in total. The molecule has 154 valence electrons. The van der Waals surface area contributed by atoms with Gasteiger partial charge in [0.15, 0.2) is 5.41 Å². The molecule has 7 nitrogen and oxygen atoms in total. The van der Waals surface area contributed by atoms with E-state index in [1.165, 1.54) is 0 Å². The number of hydrogen-bond acceptors (Lipinski definition) is 7. The highest BCUT2D eigenvalue weighted by Gasteiger charge is 2.79. The average molecular weight is 412 g/mol. The van der Waals surface area contributed by atoms with E-state index in [1.54, 1.807) is 50.4 Å². The van der Waals surface area contributed by atoms with Gasteiger partial charge in [-0.3, -0.25) is 5.41 Å². The lowest BCUT2D eigenvalue weighted by Gasteiger charge is -2.48. The maximum atomic E-state index is 10.3. The summed E-state index contributed by atoms with van der Waals surface area (Å²) in [5, 5.41) is 39.4. The van der Waals surface area contributed by atoms with Gasteiger partial charge < -0.3 is 14.2 Å². The van der Waals surface area contributed by atoms with Crippen molar-refractivity contribution in [3.63, 3.8) is 0 Å². The van der Waals surface area contributed by atoms with Crippen LogP contribution in [0.15, 0.2) is 48.5 Å². The average Bonchev–Trinajstić information content (AvgIpc) is 2.95. The highest BCUT2D eigenvalue weighted by atomic mass is 16.7. The molecule has 2 heterocycles. The molecular formula is C24H20N4O3. The second-order valence-corrected chi connectivity index (χ2v) is 7.91. The fourth-order valence-electron chi connectivity index (χ4n) is 4.83. The molecule has 31 heavy (non-hydrogen) atoms. The first kappa shape index (κ1) is 20.4. The van der Waals surface area contributed by atoms with Crippen molar-refractivity contribution in [1.29, 1.82) is 21.2 Å². The zero-order chi connectivity index (χ0) is 22.4. The molecule has 2 bridgehead atoms. The van der Waals surface area contributed by atoms with E-state index in [0.717, 1.165) is 5.56 Å². The molecule has 2 aromatic carbocycles. The van der Waals surface area contributed by atoms with Crippen molar-refractivity contribution < 1.29 is 14.2 Å². The van der Waals surface area contributed by atoms with Gasteiger partial charge in [-0.2, -0.15) is 15.8 Å². The third-order valence-electron chi connectivity index (χ3n) is 6.51. The zero-order valence-electron chi connectivity index (χ0n) is 17.3. The van der Waals surface area contributed by atoms with Gasteiger partial charge in [0.2, 0.25) is 17.1 Å². The Morgan fingerprint density at radius 3 is 2.26 bits per heavy atom. The summed E-state index contributed by atoms with van der Waals surface area (Å²) in [7, 11) is 1.55. The summed E-state index contributed by atoms with van der Waals surface area (Å²) < 4.78 is 17.7. The normalized spacial score (nSPS) is 30.4. The van der Waals surface area contributed by atoms with Gasteiger partial charge >= 0.3 is 0 Å². The van der Waals surface area contributed by atoms with Crippen molar-refractivity contribution >= 4 is 5.90 Å². The molecule has 7 heteroatoms. The number of methoxy groups -OCH3 is 1. The van der Waals surface area contributed by atoms with Gasteiger partial charge in [-0.05, 0) is 36.8 Å². The van der Waals surface area contributed by atoms with Crippen LogP contribution in [0.1, 0.15) is 29.7 Å². The quantitative estimate of drug-likeness (QED) is 0.809. The molecule has 2 fully saturated rings. The maximum Gasteiger partial charge on any atom is 0.244 e. The summed E-state index contributed by atoms with van der Waals surface area (Å²) >= 11 is 0. The first-order valence-electron chi connectivity index (χ1n) is 9.76. The molecule has 2 aliphatic heterocycles. The van der Waals surface area contributed by atoms with Gasteiger partial charge in [0.05, 0.1) is 31.2 Å². The molecule has 4 atom stereocenters. The molecular weight excluding hydrogens is 392 g/mol. The van der Waals surface area contributed by atoms with Gasteiger partial charge in [-0.25, -0.2) is 0 Å². The lowest BCUT2D eigenvalue weighted by atomic mass is 9.53. The van der Waals surface area contributed by atoms with E-state index in [-0.39, 0.29) is 0 Å². The maximum absolute atomic E-state index is 10.3. The first-order chi connectivity index (χ1) is 14.8. The molecule has 0 saturated carbocycles. The molecule has 0 amide bonds. The van der Waals surface area contributed by atoms with Crippen LogP contribution in [-0.4, -0.2) is 13.0 Å². The van der Waals surface area contributed by atoms with Gasteiger partial charge in [0.1, 0.15) is 11.9 Å². The van der Waals surface area contributed by atoms with Gasteiger partial charge in [0, 0.05) is 5.56 Å². The summed E-state index contributed by atoms with van der Waals surface area (Å²) in [6.45, 7) is 3.58. The molecule has 4 unspecified atom stereocenters. The summed E-state index contributed by atoms with van der Waals surface area (Å²) in [5.74, 6) is -2.12. The number of benzene rings is 2. The second kappa shape index (κ2) is 6.84. The molecule has 2 saturated heterocycles. The van der Waals surface area contributed by atoms with E-state index in [2.05, 4.69) is 18.2 Å². The summed E-state index contributed by atoms with van der Waals surface area (Å²) in [6, 6.07) is 20.5. The monoisotopic (exact) mass is 412 g/mol. The number of nitriles is 3. The molecule has 0 aliphatic carbocycles.